The standard InChI is InChI=1S/C31H53O9P/c1-3-5-6-17-21-24-30(33)38-26-29(27-39-41(35,36)37)40-31(34)25-22-19-16-14-12-10-8-7-9-11-13-15-18-20-23-28(32)4-2/h8-11,14-16,18,28-29,32H,3-7,12-13,17,19-27H2,1-2H3,(H2,35,36,37)/b10-8-,11-9-,16-14-,18-15-/t28-,29-/m1/s1. The van der Waals surface area contributed by atoms with Crippen LogP contribution in [0.5, 0.6) is 0 Å². The number of phosphoric acid groups is 1. The van der Waals surface area contributed by atoms with Crippen molar-refractivity contribution in [1.82, 2.24) is 0 Å². The maximum absolute atomic E-state index is 12.2. The van der Waals surface area contributed by atoms with Crippen LogP contribution in [0.25, 0.3) is 0 Å². The molecule has 9 nitrogen and oxygen atoms in total. The zero-order chi connectivity index (χ0) is 30.6. The van der Waals surface area contributed by atoms with Gasteiger partial charge in [-0.3, -0.25) is 14.1 Å². The predicted molar refractivity (Wildman–Crippen MR) is 162 cm³/mol. The van der Waals surface area contributed by atoms with Crippen LogP contribution in [0.2, 0.25) is 0 Å². The first kappa shape index (κ1) is 39.0. The molecule has 0 saturated heterocycles. The fourth-order valence-corrected chi connectivity index (χ4v) is 3.94. The highest BCUT2D eigenvalue weighted by Crippen LogP contribution is 2.35. The van der Waals surface area contributed by atoms with E-state index in [9.17, 15) is 19.3 Å². The van der Waals surface area contributed by atoms with E-state index in [1.54, 1.807) is 0 Å². The molecular formula is C31H53O9P. The maximum Gasteiger partial charge on any atom is 0.469 e. The van der Waals surface area contributed by atoms with Gasteiger partial charge in [0.05, 0.1) is 12.7 Å². The number of allylic oxidation sites excluding steroid dienone is 8. The van der Waals surface area contributed by atoms with Crippen LogP contribution >= 0.6 is 7.82 Å². The van der Waals surface area contributed by atoms with Crippen LogP contribution < -0.4 is 0 Å². The molecule has 0 aromatic carbocycles. The Morgan fingerprint density at radius 3 is 1.88 bits per heavy atom. The molecular weight excluding hydrogens is 547 g/mol. The molecule has 0 aromatic rings. The number of carbonyl (C=O) groups excluding carboxylic acids is 2. The summed E-state index contributed by atoms with van der Waals surface area (Å²) in [5.41, 5.74) is 0. The van der Waals surface area contributed by atoms with Gasteiger partial charge in [0, 0.05) is 12.8 Å². The largest absolute Gasteiger partial charge is 0.469 e. The molecule has 0 aromatic heterocycles. The Morgan fingerprint density at radius 1 is 0.732 bits per heavy atom. The molecule has 3 N–H and O–H groups in total. The van der Waals surface area contributed by atoms with E-state index in [1.807, 2.05) is 19.1 Å². The number of hydrogen-bond donors (Lipinski definition) is 3. The molecule has 0 rings (SSSR count). The van der Waals surface area contributed by atoms with Gasteiger partial charge in [-0.2, -0.15) is 0 Å². The van der Waals surface area contributed by atoms with Crippen molar-refractivity contribution in [2.75, 3.05) is 13.2 Å². The zero-order valence-electron chi connectivity index (χ0n) is 25.0. The number of aliphatic hydroxyl groups is 1. The molecule has 236 valence electrons. The lowest BCUT2D eigenvalue weighted by molar-refractivity contribution is -0.161. The van der Waals surface area contributed by atoms with Crippen LogP contribution in [0.15, 0.2) is 48.6 Å². The van der Waals surface area contributed by atoms with Crippen molar-refractivity contribution in [1.29, 1.82) is 0 Å². The van der Waals surface area contributed by atoms with E-state index in [0.29, 0.717) is 19.3 Å². The molecule has 0 aliphatic carbocycles. The third-order valence-corrected chi connectivity index (χ3v) is 6.50. The van der Waals surface area contributed by atoms with Crippen molar-refractivity contribution in [3.8, 4) is 0 Å². The van der Waals surface area contributed by atoms with Gasteiger partial charge in [-0.15, -0.1) is 0 Å². The van der Waals surface area contributed by atoms with Crippen LogP contribution in [-0.4, -0.2) is 52.3 Å². The summed E-state index contributed by atoms with van der Waals surface area (Å²) in [6, 6.07) is 0. The summed E-state index contributed by atoms with van der Waals surface area (Å²) in [4.78, 5) is 42.0. The van der Waals surface area contributed by atoms with Crippen molar-refractivity contribution in [2.24, 2.45) is 0 Å². The minimum absolute atomic E-state index is 0.121. The Hall–Kier alpha value is -2.03. The fraction of sp³-hybridized carbons (Fsp3) is 0.677. The SMILES string of the molecule is CCCCCCCC(=O)OC[C@H](COP(=O)(O)O)OC(=O)CCC/C=C\C/C=C\C/C=C\C/C=C\CC[C@H](O)CC. The summed E-state index contributed by atoms with van der Waals surface area (Å²) in [6.45, 7) is 3.21. The summed E-state index contributed by atoms with van der Waals surface area (Å²) >= 11 is 0. The van der Waals surface area contributed by atoms with E-state index in [4.69, 9.17) is 19.3 Å². The van der Waals surface area contributed by atoms with Crippen LogP contribution in [0.3, 0.4) is 0 Å². The number of ether oxygens (including phenoxy) is 2. The minimum Gasteiger partial charge on any atom is -0.462 e. The summed E-state index contributed by atoms with van der Waals surface area (Å²) in [5, 5.41) is 9.50. The molecule has 0 spiro atoms. The van der Waals surface area contributed by atoms with Gasteiger partial charge < -0.3 is 24.4 Å². The Labute approximate surface area is 247 Å². The first-order chi connectivity index (χ1) is 19.7. The molecule has 2 atom stereocenters. The molecule has 0 aliphatic rings. The average molecular weight is 601 g/mol. The third kappa shape index (κ3) is 29.3. The van der Waals surface area contributed by atoms with Crippen LogP contribution in [0.4, 0.5) is 0 Å². The van der Waals surface area contributed by atoms with Gasteiger partial charge in [0.25, 0.3) is 0 Å². The van der Waals surface area contributed by atoms with Crippen molar-refractivity contribution in [3.63, 3.8) is 0 Å². The van der Waals surface area contributed by atoms with Gasteiger partial charge in [0.15, 0.2) is 6.10 Å². The quantitative estimate of drug-likeness (QED) is 0.0413. The number of carbonyl (C=O) groups is 2. The Morgan fingerprint density at radius 2 is 1.29 bits per heavy atom. The number of esters is 2. The third-order valence-electron chi connectivity index (χ3n) is 6.01. The van der Waals surface area contributed by atoms with Gasteiger partial charge in [0.2, 0.25) is 0 Å². The lowest BCUT2D eigenvalue weighted by Crippen LogP contribution is -2.29. The van der Waals surface area contributed by atoms with Crippen LogP contribution in [0.1, 0.15) is 110 Å². The van der Waals surface area contributed by atoms with Gasteiger partial charge in [-0.25, -0.2) is 4.57 Å². The number of unbranched alkanes of at least 4 members (excludes halogenated alkanes) is 5. The molecule has 0 bridgehead atoms. The van der Waals surface area contributed by atoms with Crippen LogP contribution in [0, 0.1) is 0 Å². The van der Waals surface area contributed by atoms with Gasteiger partial charge in [0.1, 0.15) is 6.61 Å². The molecule has 10 heteroatoms. The first-order valence-electron chi connectivity index (χ1n) is 15.0. The lowest BCUT2D eigenvalue weighted by Gasteiger charge is -2.18. The number of rotatable bonds is 26. The second-order valence-corrected chi connectivity index (χ2v) is 11.1. The molecule has 0 aliphatic heterocycles. The highest BCUT2D eigenvalue weighted by Gasteiger charge is 2.22. The Bertz CT molecular complexity index is 829. The Kier molecular flexibility index (Phi) is 25.5. The lowest BCUT2D eigenvalue weighted by atomic mass is 10.1. The summed E-state index contributed by atoms with van der Waals surface area (Å²) in [6.07, 6.45) is 26.9. The Balaban J connectivity index is 4.14. The normalized spacial score (nSPS) is 14.0. The molecule has 0 radical (unpaired) electrons. The highest BCUT2D eigenvalue weighted by atomic mass is 31.2. The van der Waals surface area contributed by atoms with Gasteiger partial charge in [-0.05, 0) is 57.8 Å². The predicted octanol–water partition coefficient (Wildman–Crippen LogP) is 7.03. The summed E-state index contributed by atoms with van der Waals surface area (Å²) in [7, 11) is -4.76. The second-order valence-electron chi connectivity index (χ2n) is 9.87. The van der Waals surface area contributed by atoms with E-state index in [1.165, 1.54) is 0 Å². The number of aliphatic hydroxyl groups excluding tert-OH is 1. The zero-order valence-corrected chi connectivity index (χ0v) is 25.9. The molecule has 0 unspecified atom stereocenters. The number of hydrogen-bond acceptors (Lipinski definition) is 7. The van der Waals surface area contributed by atoms with E-state index in [2.05, 4.69) is 47.9 Å². The fourth-order valence-electron chi connectivity index (χ4n) is 3.58. The molecule has 41 heavy (non-hydrogen) atoms. The maximum atomic E-state index is 12.2. The average Bonchev–Trinajstić information content (AvgIpc) is 2.93. The molecule has 0 fully saturated rings. The minimum atomic E-state index is -4.76. The molecule has 0 heterocycles. The number of phosphoric ester groups is 1. The second kappa shape index (κ2) is 26.8. The molecule has 0 amide bonds. The monoisotopic (exact) mass is 600 g/mol. The highest BCUT2D eigenvalue weighted by molar-refractivity contribution is 7.46. The topological polar surface area (TPSA) is 140 Å². The van der Waals surface area contributed by atoms with Crippen molar-refractivity contribution >= 4 is 19.8 Å². The smallest absolute Gasteiger partial charge is 0.462 e. The van der Waals surface area contributed by atoms with Gasteiger partial charge in [-0.1, -0.05) is 88.1 Å². The van der Waals surface area contributed by atoms with E-state index >= 15 is 0 Å². The summed E-state index contributed by atoms with van der Waals surface area (Å²) in [5.74, 6) is -0.991. The van der Waals surface area contributed by atoms with Gasteiger partial charge >= 0.3 is 19.8 Å². The van der Waals surface area contributed by atoms with Crippen LogP contribution in [-0.2, 0) is 28.2 Å². The first-order valence-corrected chi connectivity index (χ1v) is 16.5. The van der Waals surface area contributed by atoms with E-state index in [-0.39, 0.29) is 25.6 Å². The van der Waals surface area contributed by atoms with Crippen molar-refractivity contribution < 1.29 is 43.0 Å². The van der Waals surface area contributed by atoms with Crippen molar-refractivity contribution in [2.45, 2.75) is 122 Å². The summed E-state index contributed by atoms with van der Waals surface area (Å²) < 4.78 is 25.9. The van der Waals surface area contributed by atoms with E-state index < -0.39 is 32.5 Å². The molecule has 0 saturated carbocycles. The van der Waals surface area contributed by atoms with Crippen molar-refractivity contribution in [3.05, 3.63) is 48.6 Å². The van der Waals surface area contributed by atoms with E-state index in [0.717, 1.165) is 64.2 Å².